The van der Waals surface area contributed by atoms with E-state index < -0.39 is 0 Å². The second kappa shape index (κ2) is 16.7. The maximum absolute atomic E-state index is 4.63. The average Bonchev–Trinajstić information content (AvgIpc) is 3.10. The van der Waals surface area contributed by atoms with Crippen molar-refractivity contribution in [3.05, 3.63) is 96.2 Å². The normalized spacial score (nSPS) is 14.7. The molecule has 0 amide bonds. The lowest BCUT2D eigenvalue weighted by atomic mass is 9.89. The molecule has 0 fully saturated rings. The van der Waals surface area contributed by atoms with Gasteiger partial charge >= 0.3 is 0 Å². The van der Waals surface area contributed by atoms with E-state index in [9.17, 15) is 0 Å². The summed E-state index contributed by atoms with van der Waals surface area (Å²) in [4.78, 5) is 4.63. The van der Waals surface area contributed by atoms with Crippen LogP contribution in [0.2, 0.25) is 0 Å². The van der Waals surface area contributed by atoms with Gasteiger partial charge in [0.15, 0.2) is 0 Å². The summed E-state index contributed by atoms with van der Waals surface area (Å²) < 4.78 is 0. The Hall–Kier alpha value is -2.41. The number of dihydropyridines is 1. The molecular weight excluding hydrogens is 338 g/mol. The zero-order chi connectivity index (χ0) is 21.2. The fraction of sp³-hybridized carbons (Fsp3) is 0.370. The summed E-state index contributed by atoms with van der Waals surface area (Å²) in [5.41, 5.74) is 5.03. The van der Waals surface area contributed by atoms with Crippen LogP contribution in [0.15, 0.2) is 84.5 Å². The van der Waals surface area contributed by atoms with Crippen LogP contribution in [0.4, 0.5) is 0 Å². The van der Waals surface area contributed by atoms with Gasteiger partial charge in [0, 0.05) is 12.1 Å². The monoisotopic (exact) mass is 377 g/mol. The van der Waals surface area contributed by atoms with Crippen molar-refractivity contribution < 1.29 is 0 Å². The number of benzene rings is 1. The van der Waals surface area contributed by atoms with Crippen LogP contribution in [0, 0.1) is 6.92 Å². The van der Waals surface area contributed by atoms with Crippen LogP contribution in [0.1, 0.15) is 70.1 Å². The molecule has 1 aliphatic heterocycles. The first-order valence-electron chi connectivity index (χ1n) is 10.7. The Labute approximate surface area is 174 Å². The summed E-state index contributed by atoms with van der Waals surface area (Å²) in [7, 11) is 0. The molecule has 1 aliphatic carbocycles. The third kappa shape index (κ3) is 8.99. The van der Waals surface area contributed by atoms with Crippen molar-refractivity contribution in [3.63, 3.8) is 0 Å². The number of rotatable bonds is 3. The number of aryl methyl sites for hydroxylation is 1. The van der Waals surface area contributed by atoms with E-state index in [1.165, 1.54) is 16.7 Å². The highest BCUT2D eigenvalue weighted by molar-refractivity contribution is 6.11. The first-order chi connectivity index (χ1) is 13.7. The van der Waals surface area contributed by atoms with Gasteiger partial charge in [-0.2, -0.15) is 0 Å². The molecule has 0 unspecified atom stereocenters. The van der Waals surface area contributed by atoms with Crippen molar-refractivity contribution in [3.8, 4) is 0 Å². The molecule has 0 spiro atoms. The van der Waals surface area contributed by atoms with E-state index in [-0.39, 0.29) is 0 Å². The van der Waals surface area contributed by atoms with E-state index in [2.05, 4.69) is 80.1 Å². The molecule has 0 aromatic heterocycles. The minimum Gasteiger partial charge on any atom is -0.284 e. The van der Waals surface area contributed by atoms with Crippen molar-refractivity contribution in [2.45, 2.75) is 60.3 Å². The minimum atomic E-state index is 0.364. The standard InChI is InChI=1S/C16H19N.C7H8.2C2H6/c1-4-12(2)14-9-7-8-13(3)16(14)15-10-5-6-11-17-15;1-2-4-6-7-5-3-1;2*1-2/h4-5,7-10,12H,1,6,11H2,2-3H3;1-6H,7H2;2*1-2H3/t12-;;;/m1.../s1. The Morgan fingerprint density at radius 3 is 2.14 bits per heavy atom. The highest BCUT2D eigenvalue weighted by Gasteiger charge is 2.14. The molecule has 1 heteroatoms. The summed E-state index contributed by atoms with van der Waals surface area (Å²) in [5, 5.41) is 0. The minimum absolute atomic E-state index is 0.364. The summed E-state index contributed by atoms with van der Waals surface area (Å²) >= 11 is 0. The largest absolute Gasteiger partial charge is 0.284 e. The maximum Gasteiger partial charge on any atom is 0.0649 e. The van der Waals surface area contributed by atoms with Gasteiger partial charge in [0.2, 0.25) is 0 Å². The van der Waals surface area contributed by atoms with E-state index >= 15 is 0 Å². The van der Waals surface area contributed by atoms with E-state index in [4.69, 9.17) is 0 Å². The Morgan fingerprint density at radius 1 is 0.964 bits per heavy atom. The molecular formula is C27H39N. The molecule has 152 valence electrons. The lowest BCUT2D eigenvalue weighted by molar-refractivity contribution is 0.955. The van der Waals surface area contributed by atoms with Gasteiger partial charge in [0.05, 0.1) is 5.71 Å². The Balaban J connectivity index is 0.000000553. The van der Waals surface area contributed by atoms with E-state index in [1.807, 2.05) is 45.9 Å². The molecule has 1 aromatic rings. The summed E-state index contributed by atoms with van der Waals surface area (Å²) in [6.45, 7) is 17.1. The van der Waals surface area contributed by atoms with Gasteiger partial charge in [-0.05, 0) is 42.9 Å². The SMILES string of the molecule is C1=CC=CCC=C1.C=C[C@@H](C)c1cccc(C)c1C1=NCCC=C1.CC.CC. The number of nitrogens with zero attached hydrogens (tertiary/aromatic N) is 1. The molecule has 28 heavy (non-hydrogen) atoms. The number of allylic oxidation sites excluding steroid dienone is 8. The quantitative estimate of drug-likeness (QED) is 0.471. The van der Waals surface area contributed by atoms with Gasteiger partial charge in [0.1, 0.15) is 0 Å². The summed E-state index contributed by atoms with van der Waals surface area (Å²) in [6.07, 6.45) is 20.9. The second-order valence-electron chi connectivity index (χ2n) is 6.00. The highest BCUT2D eigenvalue weighted by atomic mass is 14.7. The van der Waals surface area contributed by atoms with Crippen LogP contribution in [0.5, 0.6) is 0 Å². The van der Waals surface area contributed by atoms with Crippen molar-refractivity contribution in [2.75, 3.05) is 6.54 Å². The molecule has 3 rings (SSSR count). The second-order valence-corrected chi connectivity index (χ2v) is 6.00. The topological polar surface area (TPSA) is 12.4 Å². The Kier molecular flexibility index (Phi) is 15.3. The molecule has 0 saturated carbocycles. The first kappa shape index (κ1) is 25.6. The van der Waals surface area contributed by atoms with Crippen LogP contribution >= 0.6 is 0 Å². The van der Waals surface area contributed by atoms with Gasteiger partial charge in [-0.15, -0.1) is 6.58 Å². The number of aliphatic imine (C=N–C) groups is 1. The van der Waals surface area contributed by atoms with Crippen molar-refractivity contribution >= 4 is 5.71 Å². The van der Waals surface area contributed by atoms with Gasteiger partial charge in [0.25, 0.3) is 0 Å². The van der Waals surface area contributed by atoms with Crippen molar-refractivity contribution in [1.82, 2.24) is 0 Å². The molecule has 0 radical (unpaired) electrons. The molecule has 1 atom stereocenters. The van der Waals surface area contributed by atoms with Crippen LogP contribution in [0.3, 0.4) is 0 Å². The summed E-state index contributed by atoms with van der Waals surface area (Å²) in [5.74, 6) is 0.364. The number of hydrogen-bond donors (Lipinski definition) is 0. The third-order valence-electron chi connectivity index (χ3n) is 4.14. The zero-order valence-corrected chi connectivity index (χ0v) is 18.8. The molecule has 1 nitrogen and oxygen atoms in total. The molecule has 1 heterocycles. The van der Waals surface area contributed by atoms with Crippen LogP contribution < -0.4 is 0 Å². The highest BCUT2D eigenvalue weighted by Crippen LogP contribution is 2.25. The fourth-order valence-electron chi connectivity index (χ4n) is 2.74. The predicted octanol–water partition coefficient (Wildman–Crippen LogP) is 8.14. The lowest BCUT2D eigenvalue weighted by Gasteiger charge is -2.17. The van der Waals surface area contributed by atoms with Crippen LogP contribution in [-0.2, 0) is 0 Å². The maximum atomic E-state index is 4.63. The van der Waals surface area contributed by atoms with Crippen LogP contribution in [0.25, 0.3) is 0 Å². The molecule has 0 bridgehead atoms. The average molecular weight is 378 g/mol. The third-order valence-corrected chi connectivity index (χ3v) is 4.14. The lowest BCUT2D eigenvalue weighted by Crippen LogP contribution is -2.09. The van der Waals surface area contributed by atoms with Gasteiger partial charge in [-0.1, -0.05) is 101 Å². The molecule has 1 aromatic carbocycles. The van der Waals surface area contributed by atoms with Crippen molar-refractivity contribution in [2.24, 2.45) is 4.99 Å². The van der Waals surface area contributed by atoms with E-state index in [1.54, 1.807) is 0 Å². The molecule has 0 N–H and O–H groups in total. The van der Waals surface area contributed by atoms with Crippen molar-refractivity contribution in [1.29, 1.82) is 0 Å². The zero-order valence-electron chi connectivity index (χ0n) is 18.8. The van der Waals surface area contributed by atoms with E-state index in [0.717, 1.165) is 25.1 Å². The Bertz CT molecular complexity index is 685. The fourth-order valence-corrected chi connectivity index (χ4v) is 2.74. The first-order valence-corrected chi connectivity index (χ1v) is 10.7. The van der Waals surface area contributed by atoms with Crippen LogP contribution in [-0.4, -0.2) is 12.3 Å². The van der Waals surface area contributed by atoms with E-state index in [0.29, 0.717) is 5.92 Å². The van der Waals surface area contributed by atoms with Gasteiger partial charge < -0.3 is 0 Å². The molecule has 2 aliphatic rings. The predicted molar refractivity (Wildman–Crippen MR) is 130 cm³/mol. The smallest absolute Gasteiger partial charge is 0.0649 e. The Morgan fingerprint density at radius 2 is 1.61 bits per heavy atom. The summed E-state index contributed by atoms with van der Waals surface area (Å²) in [6, 6.07) is 6.44. The van der Waals surface area contributed by atoms with Gasteiger partial charge in [-0.25, -0.2) is 0 Å². The molecule has 0 saturated heterocycles. The number of hydrogen-bond acceptors (Lipinski definition) is 1. The van der Waals surface area contributed by atoms with Gasteiger partial charge in [-0.3, -0.25) is 4.99 Å².